The lowest BCUT2D eigenvalue weighted by molar-refractivity contribution is -0.0105. The zero-order valence-electron chi connectivity index (χ0n) is 11.7. The number of nitrogens with zero attached hydrogens (tertiary/aromatic N) is 2. The van der Waals surface area contributed by atoms with E-state index in [1.807, 2.05) is 6.92 Å². The van der Waals surface area contributed by atoms with Gasteiger partial charge < -0.3 is 10.2 Å². The molecule has 2 atom stereocenters. The van der Waals surface area contributed by atoms with Gasteiger partial charge in [0, 0.05) is 6.54 Å². The summed E-state index contributed by atoms with van der Waals surface area (Å²) >= 11 is 11.7. The van der Waals surface area contributed by atoms with Crippen molar-refractivity contribution in [1.29, 1.82) is 0 Å². The van der Waals surface area contributed by atoms with E-state index in [1.165, 1.54) is 4.90 Å². The molecule has 2 rings (SSSR count). The van der Waals surface area contributed by atoms with Crippen LogP contribution in [0, 0.1) is 0 Å². The molecule has 0 radical (unpaired) electrons. The highest BCUT2D eigenvalue weighted by atomic mass is 35.5. The summed E-state index contributed by atoms with van der Waals surface area (Å²) in [5.41, 5.74) is -0.490. The van der Waals surface area contributed by atoms with Crippen LogP contribution in [-0.4, -0.2) is 38.3 Å². The summed E-state index contributed by atoms with van der Waals surface area (Å²) in [6, 6.07) is 3.16. The summed E-state index contributed by atoms with van der Waals surface area (Å²) in [6.07, 6.45) is 0.636. The number of likely N-dealkylation sites (tertiary alicyclic amines) is 1. The van der Waals surface area contributed by atoms with Gasteiger partial charge >= 0.3 is 6.09 Å². The summed E-state index contributed by atoms with van der Waals surface area (Å²) in [6.45, 7) is 2.39. The lowest BCUT2D eigenvalue weighted by Gasteiger charge is -2.40. The monoisotopic (exact) mass is 332 g/mol. The van der Waals surface area contributed by atoms with E-state index in [0.29, 0.717) is 30.1 Å². The van der Waals surface area contributed by atoms with Gasteiger partial charge in [0.25, 0.3) is 0 Å². The summed E-state index contributed by atoms with van der Waals surface area (Å²) in [7, 11) is 0. The Morgan fingerprint density at radius 2 is 2.24 bits per heavy atom. The molecule has 1 aromatic rings. The van der Waals surface area contributed by atoms with Gasteiger partial charge in [0.1, 0.15) is 11.3 Å². The molecule has 2 heterocycles. The molecule has 1 amide bonds. The fraction of sp³-hybridized carbons (Fsp3) is 0.571. The number of pyridine rings is 1. The number of aliphatic hydroxyl groups excluding tert-OH is 1. The Morgan fingerprint density at radius 3 is 2.81 bits per heavy atom. The zero-order valence-corrected chi connectivity index (χ0v) is 13.2. The summed E-state index contributed by atoms with van der Waals surface area (Å²) < 4.78 is 0. The van der Waals surface area contributed by atoms with Gasteiger partial charge in [0.2, 0.25) is 0 Å². The van der Waals surface area contributed by atoms with Gasteiger partial charge in [-0.25, -0.2) is 9.78 Å². The molecule has 0 spiro atoms. The van der Waals surface area contributed by atoms with Crippen LogP contribution in [0.15, 0.2) is 12.1 Å². The molecule has 0 bridgehead atoms. The molecular weight excluding hydrogens is 315 g/mol. The normalized spacial score (nSPS) is 23.3. The van der Waals surface area contributed by atoms with Crippen LogP contribution in [-0.2, 0) is 0 Å². The van der Waals surface area contributed by atoms with Gasteiger partial charge in [-0.15, -0.1) is 0 Å². The maximum absolute atomic E-state index is 11.5. The second-order valence-electron chi connectivity index (χ2n) is 5.30. The first-order chi connectivity index (χ1) is 9.92. The van der Waals surface area contributed by atoms with Crippen molar-refractivity contribution in [2.45, 2.75) is 44.2 Å². The average Bonchev–Trinajstić information content (AvgIpc) is 2.86. The van der Waals surface area contributed by atoms with Gasteiger partial charge in [-0.1, -0.05) is 36.5 Å². The minimum Gasteiger partial charge on any atom is -0.465 e. The molecular formula is C14H18Cl2N2O3. The van der Waals surface area contributed by atoms with Crippen LogP contribution in [0.5, 0.6) is 0 Å². The van der Waals surface area contributed by atoms with Crippen LogP contribution < -0.4 is 0 Å². The number of hydrogen-bond acceptors (Lipinski definition) is 3. The second-order valence-corrected chi connectivity index (χ2v) is 6.07. The van der Waals surface area contributed by atoms with Gasteiger partial charge in [0.15, 0.2) is 0 Å². The minimum absolute atomic E-state index is 0.111. The predicted molar refractivity (Wildman–Crippen MR) is 80.8 cm³/mol. The molecule has 2 N–H and O–H groups in total. The van der Waals surface area contributed by atoms with E-state index in [2.05, 4.69) is 4.98 Å². The van der Waals surface area contributed by atoms with Crippen molar-refractivity contribution in [3.05, 3.63) is 28.0 Å². The fourth-order valence-corrected chi connectivity index (χ4v) is 3.43. The lowest BCUT2D eigenvalue weighted by Crippen LogP contribution is -2.51. The second kappa shape index (κ2) is 6.38. The molecule has 1 aliphatic heterocycles. The predicted octanol–water partition coefficient (Wildman–Crippen LogP) is 3.73. The summed E-state index contributed by atoms with van der Waals surface area (Å²) in [5, 5.41) is 20.6. The third kappa shape index (κ3) is 2.96. The Hall–Kier alpha value is -1.04. The first kappa shape index (κ1) is 16.3. The van der Waals surface area contributed by atoms with E-state index < -0.39 is 17.7 Å². The van der Waals surface area contributed by atoms with Crippen molar-refractivity contribution in [2.75, 3.05) is 6.54 Å². The van der Waals surface area contributed by atoms with E-state index in [9.17, 15) is 15.0 Å². The maximum Gasteiger partial charge on any atom is 0.407 e. The van der Waals surface area contributed by atoms with Gasteiger partial charge in [-0.2, -0.15) is 0 Å². The number of aromatic nitrogens is 1. The molecule has 1 fully saturated rings. The van der Waals surface area contributed by atoms with E-state index in [0.717, 1.165) is 12.8 Å². The van der Waals surface area contributed by atoms with E-state index in [-0.39, 0.29) is 5.15 Å². The summed E-state index contributed by atoms with van der Waals surface area (Å²) in [5.74, 6) is 0. The number of carbonyl (C=O) groups is 1. The van der Waals surface area contributed by atoms with Crippen molar-refractivity contribution in [2.24, 2.45) is 0 Å². The van der Waals surface area contributed by atoms with Gasteiger partial charge in [-0.05, 0) is 31.4 Å². The highest BCUT2D eigenvalue weighted by molar-refractivity contribution is 6.41. The number of aliphatic hydroxyl groups is 1. The van der Waals surface area contributed by atoms with Crippen LogP contribution in [0.4, 0.5) is 4.79 Å². The molecule has 1 saturated heterocycles. The van der Waals surface area contributed by atoms with Gasteiger partial charge in [0.05, 0.1) is 16.3 Å². The van der Waals surface area contributed by atoms with Crippen molar-refractivity contribution < 1.29 is 15.0 Å². The molecule has 21 heavy (non-hydrogen) atoms. The van der Waals surface area contributed by atoms with Crippen molar-refractivity contribution in [3.8, 4) is 0 Å². The number of amides is 1. The Balaban J connectivity index is 2.41. The minimum atomic E-state index is -1.02. The fourth-order valence-electron chi connectivity index (χ4n) is 3.16. The lowest BCUT2D eigenvalue weighted by atomic mass is 9.83. The zero-order chi connectivity index (χ0) is 15.6. The van der Waals surface area contributed by atoms with Crippen molar-refractivity contribution in [1.82, 2.24) is 9.88 Å². The number of carboxylic acid groups (broad SMARTS) is 1. The van der Waals surface area contributed by atoms with Crippen LogP contribution >= 0.6 is 23.2 Å². The highest BCUT2D eigenvalue weighted by Crippen LogP contribution is 2.43. The molecule has 5 nitrogen and oxygen atoms in total. The molecule has 0 aromatic carbocycles. The van der Waals surface area contributed by atoms with E-state index >= 15 is 0 Å². The van der Waals surface area contributed by atoms with Crippen LogP contribution in [0.1, 0.15) is 44.4 Å². The highest BCUT2D eigenvalue weighted by Gasteiger charge is 2.49. The number of halogens is 2. The standard InChI is InChI=1S/C14H18Cl2N2O3/c1-2-6-14(7-3-8-18(14)13(20)21)11(19)10-5-4-9(15)12(16)17-10/h4-5,11,19H,2-3,6-8H2,1H3,(H,20,21). The van der Waals surface area contributed by atoms with Crippen LogP contribution in [0.2, 0.25) is 10.2 Å². The molecule has 1 aromatic heterocycles. The van der Waals surface area contributed by atoms with Crippen molar-refractivity contribution in [3.63, 3.8) is 0 Å². The quantitative estimate of drug-likeness (QED) is 0.824. The Morgan fingerprint density at radius 1 is 1.52 bits per heavy atom. The first-order valence-corrected chi connectivity index (χ1v) is 7.68. The number of hydrogen-bond donors (Lipinski definition) is 2. The Bertz CT molecular complexity index is 541. The summed E-state index contributed by atoms with van der Waals surface area (Å²) in [4.78, 5) is 16.9. The average molecular weight is 333 g/mol. The first-order valence-electron chi connectivity index (χ1n) is 6.93. The molecule has 2 unspecified atom stereocenters. The van der Waals surface area contributed by atoms with E-state index in [1.54, 1.807) is 12.1 Å². The smallest absolute Gasteiger partial charge is 0.407 e. The largest absolute Gasteiger partial charge is 0.465 e. The van der Waals surface area contributed by atoms with Gasteiger partial charge in [-0.3, -0.25) is 4.90 Å². The molecule has 0 saturated carbocycles. The molecule has 116 valence electrons. The third-order valence-corrected chi connectivity index (χ3v) is 4.75. The number of rotatable bonds is 4. The molecule has 1 aliphatic rings. The van der Waals surface area contributed by atoms with Crippen LogP contribution in [0.3, 0.4) is 0 Å². The van der Waals surface area contributed by atoms with Crippen molar-refractivity contribution >= 4 is 29.3 Å². The Kier molecular flexibility index (Phi) is 4.96. The SMILES string of the molecule is CCCC1(C(O)c2ccc(Cl)c(Cl)n2)CCCN1C(=O)O. The molecule has 7 heteroatoms. The molecule has 0 aliphatic carbocycles. The maximum atomic E-state index is 11.5. The van der Waals surface area contributed by atoms with Crippen LogP contribution in [0.25, 0.3) is 0 Å². The van der Waals surface area contributed by atoms with E-state index in [4.69, 9.17) is 23.2 Å². The third-order valence-electron chi connectivity index (χ3n) is 4.06. The topological polar surface area (TPSA) is 73.7 Å². The Labute approximate surface area is 133 Å².